The zero-order chi connectivity index (χ0) is 2.71. The highest BCUT2D eigenvalue weighted by Gasteiger charge is 0.904. The molecule has 0 spiro atoms. The summed E-state index contributed by atoms with van der Waals surface area (Å²) >= 11 is 0. The molecule has 0 bridgehead atoms. The van der Waals surface area contributed by atoms with Gasteiger partial charge in [-0.3, -0.25) is 0 Å². The van der Waals surface area contributed by atoms with Crippen molar-refractivity contribution in [3.8, 4) is 0 Å². The molecular weight excluding hydrogens is 84.0 g/mol. The van der Waals surface area contributed by atoms with E-state index in [-0.39, 0.29) is 16.4 Å². The van der Waals surface area contributed by atoms with E-state index in [9.17, 15) is 0 Å². The molecule has 0 aromatic heterocycles. The first-order chi connectivity index (χ1) is 1.41. The Labute approximate surface area is 36.5 Å². The molecule has 0 saturated heterocycles. The molecule has 0 aromatic carbocycles. The average molecular weight is 94.1 g/mol. The van der Waals surface area contributed by atoms with E-state index >= 15 is 0 Å². The van der Waals surface area contributed by atoms with Crippen LogP contribution in [0.15, 0.2) is 18.9 Å². The normalized spacial score (nSPS) is 1.33. The zero-order valence-corrected chi connectivity index (χ0v) is 3.41. The molecule has 0 amide bonds. The van der Waals surface area contributed by atoms with Crippen molar-refractivity contribution in [2.24, 2.45) is 0 Å². The third-order valence-corrected chi connectivity index (χ3v) is 0. The minimum absolute atomic E-state index is 0. The Hall–Kier alpha value is -0.600. The summed E-state index contributed by atoms with van der Waals surface area (Å²) in [7, 11) is 0. The van der Waals surface area contributed by atoms with Crippen LogP contribution in [0.2, 0.25) is 0 Å². The van der Waals surface area contributed by atoms with Crippen molar-refractivity contribution in [3.63, 3.8) is 0 Å². The topological polar surface area (TPSA) is 94.5 Å². The highest BCUT2D eigenvalue weighted by atomic mass is 16.0. The van der Waals surface area contributed by atoms with Gasteiger partial charge < -0.3 is 16.4 Å². The molecule has 0 aliphatic carbocycles. The Morgan fingerprint density at radius 3 is 0.833 bits per heavy atom. The lowest BCUT2D eigenvalue weighted by atomic mass is 11.0. The minimum atomic E-state index is 0. The minimum Gasteiger partial charge on any atom is -0.412 e. The van der Waals surface area contributed by atoms with Gasteiger partial charge in [-0.25, -0.2) is 0 Å². The molecular formula is C3H10O3. The maximum absolute atomic E-state index is 3.12. The lowest BCUT2D eigenvalue weighted by Gasteiger charge is -1.10. The summed E-state index contributed by atoms with van der Waals surface area (Å²) in [6, 6.07) is 0. The predicted molar refractivity (Wildman–Crippen MR) is 25.6 cm³/mol. The summed E-state index contributed by atoms with van der Waals surface area (Å²) in [4.78, 5) is 0. The fourth-order valence-corrected chi connectivity index (χ4v) is 0. The molecule has 0 aliphatic rings. The molecule has 0 unspecified atom stereocenters. The molecule has 6 N–H and O–H groups in total. The van der Waals surface area contributed by atoms with Gasteiger partial charge in [0.15, 0.2) is 0 Å². The molecule has 0 aromatic rings. The molecule has 0 aliphatic heterocycles. The van der Waals surface area contributed by atoms with E-state index in [4.69, 9.17) is 0 Å². The Balaban J connectivity index is -0.00000000667. The third kappa shape index (κ3) is 54.4. The van der Waals surface area contributed by atoms with Crippen LogP contribution >= 0.6 is 0 Å². The first kappa shape index (κ1) is 53.3. The van der Waals surface area contributed by atoms with Gasteiger partial charge in [0.05, 0.1) is 0 Å². The number of hydrogen-bond donors (Lipinski definition) is 0. The van der Waals surface area contributed by atoms with E-state index in [0.717, 1.165) is 0 Å². The largest absolute Gasteiger partial charge is 0.412 e. The van der Waals surface area contributed by atoms with Crippen LogP contribution < -0.4 is 0 Å². The summed E-state index contributed by atoms with van der Waals surface area (Å²) < 4.78 is 0. The van der Waals surface area contributed by atoms with Gasteiger partial charge in [0.25, 0.3) is 0 Å². The Bertz CT molecular complexity index is 27.0. The smallest absolute Gasteiger partial charge is 0.0572 e. The van der Waals surface area contributed by atoms with Gasteiger partial charge in [-0.2, -0.15) is 0 Å². The van der Waals surface area contributed by atoms with Gasteiger partial charge >= 0.3 is 0 Å². The lowest BCUT2D eigenvalue weighted by Crippen LogP contribution is -0.844. The van der Waals surface area contributed by atoms with Crippen LogP contribution in [0.3, 0.4) is 0 Å². The standard InChI is InChI=1S/C3H4.3H2O/c1-3-2;;;/h1-2H2;3*1H2. The van der Waals surface area contributed by atoms with Crippen LogP contribution in [0.1, 0.15) is 0 Å². The van der Waals surface area contributed by atoms with Crippen molar-refractivity contribution in [2.75, 3.05) is 0 Å². The van der Waals surface area contributed by atoms with E-state index in [0.29, 0.717) is 0 Å². The summed E-state index contributed by atoms with van der Waals surface area (Å²) in [5.41, 5.74) is 2.25. The summed E-state index contributed by atoms with van der Waals surface area (Å²) in [6.45, 7) is 6.25. The Morgan fingerprint density at radius 2 is 0.833 bits per heavy atom. The van der Waals surface area contributed by atoms with Crippen LogP contribution in [-0.4, -0.2) is 16.4 Å². The SMILES string of the molecule is C=C=C.O.O.O. The monoisotopic (exact) mass is 94.1 g/mol. The van der Waals surface area contributed by atoms with E-state index in [1.54, 1.807) is 0 Å². The van der Waals surface area contributed by atoms with Gasteiger partial charge in [0.2, 0.25) is 0 Å². The maximum Gasteiger partial charge on any atom is -0.0572 e. The van der Waals surface area contributed by atoms with Crippen LogP contribution in [-0.2, 0) is 0 Å². The molecule has 40 valence electrons. The van der Waals surface area contributed by atoms with Gasteiger partial charge in [-0.1, -0.05) is 13.2 Å². The maximum atomic E-state index is 3.12. The van der Waals surface area contributed by atoms with Crippen molar-refractivity contribution in [2.45, 2.75) is 0 Å². The first-order valence-electron chi connectivity index (χ1n) is 0.707. The molecule has 0 radical (unpaired) electrons. The molecule has 0 atom stereocenters. The van der Waals surface area contributed by atoms with Crippen molar-refractivity contribution in [1.29, 1.82) is 0 Å². The van der Waals surface area contributed by atoms with Crippen LogP contribution in [0.25, 0.3) is 0 Å². The summed E-state index contributed by atoms with van der Waals surface area (Å²) in [5.74, 6) is 0. The van der Waals surface area contributed by atoms with E-state index in [1.165, 1.54) is 0 Å². The predicted octanol–water partition coefficient (Wildman–Crippen LogP) is -1.52. The fraction of sp³-hybridized carbons (Fsp3) is 0. The fourth-order valence-electron chi connectivity index (χ4n) is 0. The molecule has 0 saturated carbocycles. The highest BCUT2D eigenvalue weighted by Crippen LogP contribution is 1.16. The van der Waals surface area contributed by atoms with Crippen LogP contribution in [0.4, 0.5) is 0 Å². The van der Waals surface area contributed by atoms with E-state index in [2.05, 4.69) is 18.9 Å². The lowest BCUT2D eigenvalue weighted by molar-refractivity contribution is 0.823. The zero-order valence-electron chi connectivity index (χ0n) is 3.41. The Kier molecular flexibility index (Phi) is 2830. The molecule has 6 heavy (non-hydrogen) atoms. The van der Waals surface area contributed by atoms with Gasteiger partial charge in [-0.15, -0.1) is 5.73 Å². The molecule has 3 nitrogen and oxygen atoms in total. The summed E-state index contributed by atoms with van der Waals surface area (Å²) in [5, 5.41) is 0. The molecule has 0 rings (SSSR count). The third-order valence-electron chi connectivity index (χ3n) is 0. The van der Waals surface area contributed by atoms with Gasteiger partial charge in [0, 0.05) is 0 Å². The van der Waals surface area contributed by atoms with Crippen LogP contribution in [0, 0.1) is 0 Å². The molecule has 3 heteroatoms. The quantitative estimate of drug-likeness (QED) is 0.326. The van der Waals surface area contributed by atoms with E-state index in [1.807, 2.05) is 0 Å². The molecule has 0 fully saturated rings. The summed E-state index contributed by atoms with van der Waals surface area (Å²) in [6.07, 6.45) is 0. The second-order valence-electron chi connectivity index (χ2n) is 0.250. The van der Waals surface area contributed by atoms with Crippen molar-refractivity contribution in [1.82, 2.24) is 0 Å². The van der Waals surface area contributed by atoms with Crippen molar-refractivity contribution >= 4 is 0 Å². The van der Waals surface area contributed by atoms with Crippen LogP contribution in [0.5, 0.6) is 0 Å². The Morgan fingerprint density at radius 1 is 0.833 bits per heavy atom. The average Bonchev–Trinajstić information content (AvgIpc) is 0.918. The van der Waals surface area contributed by atoms with Gasteiger partial charge in [0.1, 0.15) is 0 Å². The van der Waals surface area contributed by atoms with Crippen molar-refractivity contribution in [3.05, 3.63) is 18.9 Å². The van der Waals surface area contributed by atoms with Gasteiger partial charge in [-0.05, 0) is 0 Å². The number of rotatable bonds is 0. The van der Waals surface area contributed by atoms with Crippen molar-refractivity contribution < 1.29 is 16.4 Å². The van der Waals surface area contributed by atoms with E-state index < -0.39 is 0 Å². The first-order valence-corrected chi connectivity index (χ1v) is 0.707. The number of hydrogen-bond acceptors (Lipinski definition) is 0. The highest BCUT2D eigenvalue weighted by molar-refractivity contribution is 4.51. The second kappa shape index (κ2) is 318. The molecule has 0 heterocycles. The second-order valence-corrected chi connectivity index (χ2v) is 0.250.